The Morgan fingerprint density at radius 2 is 1.87 bits per heavy atom. The molecule has 0 atom stereocenters. The first-order valence-electron chi connectivity index (χ1n) is 4.10. The van der Waals surface area contributed by atoms with Crippen molar-refractivity contribution in [3.63, 3.8) is 0 Å². The molecular formula is C8H15N2O5. The van der Waals surface area contributed by atoms with Crippen LogP contribution in [-0.2, 0) is 14.3 Å². The molecule has 0 bridgehead atoms. The highest BCUT2D eigenvalue weighted by Crippen LogP contribution is 2.10. The van der Waals surface area contributed by atoms with Gasteiger partial charge >= 0.3 is 6.03 Å². The van der Waals surface area contributed by atoms with E-state index in [2.05, 4.69) is 0 Å². The van der Waals surface area contributed by atoms with Gasteiger partial charge < -0.3 is 20.3 Å². The highest BCUT2D eigenvalue weighted by molar-refractivity contribution is 5.98. The second kappa shape index (κ2) is 6.33. The van der Waals surface area contributed by atoms with Crippen LogP contribution in [0.4, 0.5) is 4.79 Å². The van der Waals surface area contributed by atoms with Gasteiger partial charge in [0.05, 0.1) is 19.6 Å². The maximum Gasteiger partial charge on any atom is 0.318 e. The van der Waals surface area contributed by atoms with E-state index < -0.39 is 17.5 Å². The molecule has 0 rings (SSSR count). The molecule has 0 aliphatic heterocycles. The summed E-state index contributed by atoms with van der Waals surface area (Å²) in [6, 6.07) is -0.992. The largest absolute Gasteiger partial charge is 0.384 e. The lowest BCUT2D eigenvalue weighted by Crippen LogP contribution is -2.46. The minimum Gasteiger partial charge on any atom is -0.384 e. The Bertz CT molecular complexity index is 225. The van der Waals surface area contributed by atoms with Crippen LogP contribution in [0.1, 0.15) is 0 Å². The van der Waals surface area contributed by atoms with Crippen molar-refractivity contribution in [2.75, 3.05) is 27.4 Å². The highest BCUT2D eigenvalue weighted by Gasteiger charge is 2.31. The first kappa shape index (κ1) is 13.8. The molecule has 0 saturated heterocycles. The van der Waals surface area contributed by atoms with Gasteiger partial charge in [0.2, 0.25) is 5.91 Å². The van der Waals surface area contributed by atoms with Crippen LogP contribution in [0.15, 0.2) is 0 Å². The molecule has 0 aromatic carbocycles. The molecule has 0 aliphatic rings. The summed E-state index contributed by atoms with van der Waals surface area (Å²) in [5.41, 5.74) is 3.14. The third-order valence-corrected chi connectivity index (χ3v) is 1.43. The number of imide groups is 1. The van der Waals surface area contributed by atoms with E-state index >= 15 is 0 Å². The molecule has 3 amide bonds. The van der Waals surface area contributed by atoms with Gasteiger partial charge in [0.25, 0.3) is 0 Å². The fourth-order valence-electron chi connectivity index (χ4n) is 1.03. The maximum atomic E-state index is 11.1. The van der Waals surface area contributed by atoms with Gasteiger partial charge in [-0.15, -0.1) is 0 Å². The zero-order valence-corrected chi connectivity index (χ0v) is 8.65. The van der Waals surface area contributed by atoms with E-state index in [0.717, 1.165) is 6.42 Å². The molecule has 0 aliphatic carbocycles. The van der Waals surface area contributed by atoms with E-state index in [1.165, 1.54) is 14.2 Å². The number of rotatable bonds is 6. The van der Waals surface area contributed by atoms with Crippen molar-refractivity contribution in [1.29, 1.82) is 0 Å². The number of methoxy groups -OCH3 is 2. The Balaban J connectivity index is 4.26. The summed E-state index contributed by atoms with van der Waals surface area (Å²) < 4.78 is 9.42. The predicted molar refractivity (Wildman–Crippen MR) is 50.7 cm³/mol. The summed E-state index contributed by atoms with van der Waals surface area (Å²) in [5.74, 6) is -0.806. The molecule has 87 valence electrons. The summed E-state index contributed by atoms with van der Waals surface area (Å²) >= 11 is 0. The highest BCUT2D eigenvalue weighted by atomic mass is 16.5. The maximum absolute atomic E-state index is 11.1. The van der Waals surface area contributed by atoms with Crippen LogP contribution in [-0.4, -0.2) is 50.1 Å². The van der Waals surface area contributed by atoms with Crippen molar-refractivity contribution in [1.82, 2.24) is 5.32 Å². The summed E-state index contributed by atoms with van der Waals surface area (Å²) in [4.78, 5) is 21.4. The molecule has 0 saturated carbocycles. The zero-order valence-electron chi connectivity index (χ0n) is 8.65. The smallest absolute Gasteiger partial charge is 0.318 e. The number of ether oxygens (including phenoxy) is 2. The van der Waals surface area contributed by atoms with Crippen molar-refractivity contribution < 1.29 is 24.2 Å². The predicted octanol–water partition coefficient (Wildman–Crippen LogP) is -1.59. The Morgan fingerprint density at radius 1 is 1.40 bits per heavy atom. The summed E-state index contributed by atoms with van der Waals surface area (Å²) in [6.07, 6.45) is 0.880. The molecule has 7 nitrogen and oxygen atoms in total. The number of hydrogen-bond donors (Lipinski definition) is 3. The normalized spacial score (nSPS) is 11.1. The fourth-order valence-corrected chi connectivity index (χ4v) is 1.03. The second-order valence-corrected chi connectivity index (χ2v) is 2.97. The van der Waals surface area contributed by atoms with Gasteiger partial charge in [-0.3, -0.25) is 10.1 Å². The van der Waals surface area contributed by atoms with Gasteiger partial charge in [0, 0.05) is 14.2 Å². The van der Waals surface area contributed by atoms with Gasteiger partial charge in [-0.05, 0) is 0 Å². The number of nitrogens with two attached hydrogens (primary N) is 1. The number of aliphatic hydroxyl groups is 1. The minimum absolute atomic E-state index is 0.132. The number of hydrogen-bond acceptors (Lipinski definition) is 5. The Kier molecular flexibility index (Phi) is 5.83. The van der Waals surface area contributed by atoms with Crippen molar-refractivity contribution in [3.8, 4) is 0 Å². The Morgan fingerprint density at radius 3 is 2.20 bits per heavy atom. The molecule has 0 unspecified atom stereocenters. The monoisotopic (exact) mass is 219 g/mol. The van der Waals surface area contributed by atoms with E-state index in [4.69, 9.17) is 15.2 Å². The topological polar surface area (TPSA) is 111 Å². The number of nitrogens with one attached hydrogen (secondary N) is 1. The molecule has 0 spiro atoms. The van der Waals surface area contributed by atoms with E-state index in [1.54, 1.807) is 5.32 Å². The van der Waals surface area contributed by atoms with Crippen LogP contribution >= 0.6 is 0 Å². The average molecular weight is 219 g/mol. The molecule has 0 aromatic rings. The molecule has 1 radical (unpaired) electrons. The van der Waals surface area contributed by atoms with Crippen molar-refractivity contribution >= 4 is 11.9 Å². The first-order chi connectivity index (χ1) is 6.93. The quantitative estimate of drug-likeness (QED) is 0.498. The zero-order chi connectivity index (χ0) is 11.9. The summed E-state index contributed by atoms with van der Waals surface area (Å²) in [7, 11) is 2.72. The van der Waals surface area contributed by atoms with Crippen LogP contribution in [0.5, 0.6) is 0 Å². The van der Waals surface area contributed by atoms with Crippen LogP contribution in [0.25, 0.3) is 0 Å². The number of urea groups is 1. The Labute approximate surface area is 87.5 Å². The molecule has 4 N–H and O–H groups in total. The lowest BCUT2D eigenvalue weighted by molar-refractivity contribution is -0.122. The van der Waals surface area contributed by atoms with Gasteiger partial charge in [0.1, 0.15) is 5.60 Å². The van der Waals surface area contributed by atoms with Crippen LogP contribution in [0, 0.1) is 6.42 Å². The van der Waals surface area contributed by atoms with Gasteiger partial charge in [0.15, 0.2) is 0 Å². The summed E-state index contributed by atoms with van der Waals surface area (Å²) in [6.45, 7) is -0.264. The van der Waals surface area contributed by atoms with E-state index in [0.29, 0.717) is 0 Å². The molecule has 0 heterocycles. The van der Waals surface area contributed by atoms with Gasteiger partial charge in [-0.2, -0.15) is 0 Å². The summed E-state index contributed by atoms with van der Waals surface area (Å²) in [5, 5.41) is 11.6. The van der Waals surface area contributed by atoms with Crippen molar-refractivity contribution in [3.05, 3.63) is 6.42 Å². The SMILES string of the molecule is COCC(O)([CH]C(=O)NC(N)=O)COC. The van der Waals surface area contributed by atoms with E-state index in [-0.39, 0.29) is 13.2 Å². The molecule has 0 aromatic heterocycles. The molecular weight excluding hydrogens is 204 g/mol. The van der Waals surface area contributed by atoms with Crippen molar-refractivity contribution in [2.45, 2.75) is 5.60 Å². The molecule has 7 heteroatoms. The van der Waals surface area contributed by atoms with Gasteiger partial charge in [-0.25, -0.2) is 4.79 Å². The number of primary amides is 1. The third-order valence-electron chi connectivity index (χ3n) is 1.43. The number of carbonyl (C=O) groups excluding carboxylic acids is 2. The third kappa shape index (κ3) is 6.00. The van der Waals surface area contributed by atoms with Crippen LogP contribution < -0.4 is 11.1 Å². The average Bonchev–Trinajstić information content (AvgIpc) is 2.01. The van der Waals surface area contributed by atoms with Crippen LogP contribution in [0.3, 0.4) is 0 Å². The standard InChI is InChI=1S/C8H15N2O5/c1-14-4-8(13,5-15-2)3-6(11)10-7(9)12/h3,13H,4-5H2,1-2H3,(H3,9,10,11,12). The lowest BCUT2D eigenvalue weighted by atomic mass is 10.0. The lowest BCUT2D eigenvalue weighted by Gasteiger charge is -2.24. The van der Waals surface area contributed by atoms with Gasteiger partial charge in [-0.1, -0.05) is 0 Å². The van der Waals surface area contributed by atoms with E-state index in [9.17, 15) is 14.7 Å². The van der Waals surface area contributed by atoms with Crippen LogP contribution in [0.2, 0.25) is 0 Å². The minimum atomic E-state index is -1.58. The fraction of sp³-hybridized carbons (Fsp3) is 0.625. The second-order valence-electron chi connectivity index (χ2n) is 2.97. The van der Waals surface area contributed by atoms with Crippen molar-refractivity contribution in [2.24, 2.45) is 5.73 Å². The van der Waals surface area contributed by atoms with E-state index in [1.807, 2.05) is 0 Å². The molecule has 15 heavy (non-hydrogen) atoms. The number of amides is 3. The molecule has 0 fully saturated rings. The number of carbonyl (C=O) groups is 2. The Hall–Kier alpha value is -1.18. The first-order valence-corrected chi connectivity index (χ1v) is 4.10.